The van der Waals surface area contributed by atoms with E-state index in [4.69, 9.17) is 0 Å². The van der Waals surface area contributed by atoms with E-state index in [2.05, 4.69) is 10.4 Å². The smallest absolute Gasteiger partial charge is 0.392 e. The van der Waals surface area contributed by atoms with E-state index < -0.39 is 18.0 Å². The van der Waals surface area contributed by atoms with E-state index in [1.54, 1.807) is 13.8 Å². The van der Waals surface area contributed by atoms with Crippen LogP contribution in [-0.4, -0.2) is 26.9 Å². The fraction of sp³-hybridized carbons (Fsp3) is 0.375. The van der Waals surface area contributed by atoms with Gasteiger partial charge in [0.15, 0.2) is 0 Å². The molecule has 0 aliphatic carbocycles. The number of aromatic nitrogens is 2. The summed E-state index contributed by atoms with van der Waals surface area (Å²) in [5, 5.41) is 15.9. The summed E-state index contributed by atoms with van der Waals surface area (Å²) in [4.78, 5) is 11.8. The molecule has 1 heterocycles. The van der Waals surface area contributed by atoms with Gasteiger partial charge in [-0.1, -0.05) is 13.8 Å². The highest BCUT2D eigenvalue weighted by atomic mass is 19.4. The van der Waals surface area contributed by atoms with Crippen LogP contribution in [0.3, 0.4) is 0 Å². The number of halogens is 3. The van der Waals surface area contributed by atoms with Gasteiger partial charge in [0, 0.05) is 5.69 Å². The summed E-state index contributed by atoms with van der Waals surface area (Å²) in [7, 11) is 0. The van der Waals surface area contributed by atoms with Gasteiger partial charge in [-0.15, -0.1) is 0 Å². The third kappa shape index (κ3) is 4.35. The average Bonchev–Trinajstić information content (AvgIpc) is 2.97. The second-order valence-electron chi connectivity index (χ2n) is 5.74. The van der Waals surface area contributed by atoms with Crippen molar-refractivity contribution in [2.45, 2.75) is 32.5 Å². The second kappa shape index (κ2) is 7.04. The van der Waals surface area contributed by atoms with Crippen LogP contribution in [0.2, 0.25) is 0 Å². The van der Waals surface area contributed by atoms with Crippen LogP contribution in [0, 0.1) is 5.92 Å². The van der Waals surface area contributed by atoms with Crippen molar-refractivity contribution in [2.75, 3.05) is 5.32 Å². The largest absolute Gasteiger partial charge is 0.433 e. The molecule has 2 aromatic rings. The van der Waals surface area contributed by atoms with Crippen molar-refractivity contribution >= 4 is 11.6 Å². The van der Waals surface area contributed by atoms with E-state index in [9.17, 15) is 23.1 Å². The summed E-state index contributed by atoms with van der Waals surface area (Å²) in [5.74, 6) is -0.405. The molecular formula is C16H18F3N3O2. The number of rotatable bonds is 5. The number of carbonyl (C=O) groups is 1. The molecule has 0 saturated carbocycles. The lowest BCUT2D eigenvalue weighted by molar-refractivity contribution is -0.142. The molecule has 1 atom stereocenters. The predicted octanol–water partition coefficient (Wildman–Crippen LogP) is 3.24. The van der Waals surface area contributed by atoms with Gasteiger partial charge < -0.3 is 10.4 Å². The standard InChI is InChI=1S/C16H18F3N3O2/c1-10(2)13(23)9-15(24)21-11-3-5-12(6-4-11)22-14(7-8-20-22)16(17,18)19/h3-8,10,13,23H,9H2,1-2H3,(H,21,24). The van der Waals surface area contributed by atoms with Gasteiger partial charge in [-0.25, -0.2) is 4.68 Å². The number of carbonyl (C=O) groups excluding carboxylic acids is 1. The molecule has 24 heavy (non-hydrogen) atoms. The number of aliphatic hydroxyl groups is 1. The van der Waals surface area contributed by atoms with Gasteiger partial charge in [0.2, 0.25) is 5.91 Å². The first-order valence-electron chi connectivity index (χ1n) is 7.38. The molecule has 1 unspecified atom stereocenters. The van der Waals surface area contributed by atoms with Crippen molar-refractivity contribution < 1.29 is 23.1 Å². The Balaban J connectivity index is 2.09. The maximum atomic E-state index is 12.9. The molecule has 8 heteroatoms. The molecule has 0 bridgehead atoms. The molecule has 5 nitrogen and oxygen atoms in total. The number of amides is 1. The average molecular weight is 341 g/mol. The Morgan fingerprint density at radius 2 is 1.88 bits per heavy atom. The SMILES string of the molecule is CC(C)C(O)CC(=O)Nc1ccc(-n2nccc2C(F)(F)F)cc1. The summed E-state index contributed by atoms with van der Waals surface area (Å²) in [6.45, 7) is 3.60. The molecule has 0 fully saturated rings. The molecule has 1 aromatic heterocycles. The Bertz CT molecular complexity index is 693. The minimum atomic E-state index is -4.50. The lowest BCUT2D eigenvalue weighted by atomic mass is 10.0. The number of alkyl halides is 3. The first-order valence-corrected chi connectivity index (χ1v) is 7.38. The van der Waals surface area contributed by atoms with Crippen LogP contribution in [0.25, 0.3) is 5.69 Å². The number of aliphatic hydroxyl groups excluding tert-OH is 1. The van der Waals surface area contributed by atoms with E-state index in [-0.39, 0.29) is 23.9 Å². The molecule has 1 aromatic carbocycles. The van der Waals surface area contributed by atoms with E-state index in [0.717, 1.165) is 16.9 Å². The number of nitrogens with zero attached hydrogens (tertiary/aromatic N) is 2. The van der Waals surface area contributed by atoms with Gasteiger partial charge in [-0.3, -0.25) is 4.79 Å². The van der Waals surface area contributed by atoms with Crippen LogP contribution in [-0.2, 0) is 11.0 Å². The fourth-order valence-corrected chi connectivity index (χ4v) is 2.05. The van der Waals surface area contributed by atoms with Crippen molar-refractivity contribution in [3.05, 3.63) is 42.2 Å². The number of anilines is 1. The second-order valence-corrected chi connectivity index (χ2v) is 5.74. The van der Waals surface area contributed by atoms with Crippen molar-refractivity contribution in [1.29, 1.82) is 0 Å². The number of benzene rings is 1. The Morgan fingerprint density at radius 3 is 2.42 bits per heavy atom. The van der Waals surface area contributed by atoms with Crippen molar-refractivity contribution in [2.24, 2.45) is 5.92 Å². The summed E-state index contributed by atoms with van der Waals surface area (Å²) >= 11 is 0. The highest BCUT2D eigenvalue weighted by Gasteiger charge is 2.35. The maximum Gasteiger partial charge on any atom is 0.433 e. The van der Waals surface area contributed by atoms with Crippen LogP contribution >= 0.6 is 0 Å². The number of hydrogen-bond acceptors (Lipinski definition) is 3. The monoisotopic (exact) mass is 341 g/mol. The maximum absolute atomic E-state index is 12.9. The highest BCUT2D eigenvalue weighted by Crippen LogP contribution is 2.30. The molecule has 1 amide bonds. The summed E-state index contributed by atoms with van der Waals surface area (Å²) in [6.07, 6.45) is -4.22. The van der Waals surface area contributed by atoms with Crippen LogP contribution < -0.4 is 5.32 Å². The van der Waals surface area contributed by atoms with Gasteiger partial charge in [0.25, 0.3) is 0 Å². The molecule has 2 N–H and O–H groups in total. The van der Waals surface area contributed by atoms with Gasteiger partial charge in [0.05, 0.1) is 24.4 Å². The minimum absolute atomic E-state index is 0.0428. The quantitative estimate of drug-likeness (QED) is 0.877. The zero-order chi connectivity index (χ0) is 17.9. The van der Waals surface area contributed by atoms with Crippen LogP contribution in [0.15, 0.2) is 36.5 Å². The third-order valence-electron chi connectivity index (χ3n) is 3.49. The third-order valence-corrected chi connectivity index (χ3v) is 3.49. The van der Waals surface area contributed by atoms with E-state index in [0.29, 0.717) is 5.69 Å². The van der Waals surface area contributed by atoms with E-state index in [1.165, 1.54) is 24.3 Å². The molecule has 0 radical (unpaired) electrons. The Labute approximate surface area is 137 Å². The normalized spacial score (nSPS) is 13.1. The zero-order valence-corrected chi connectivity index (χ0v) is 13.2. The first-order chi connectivity index (χ1) is 11.2. The first kappa shape index (κ1) is 18.0. The van der Waals surface area contributed by atoms with Gasteiger partial charge in [-0.2, -0.15) is 18.3 Å². The molecule has 2 rings (SSSR count). The summed E-state index contributed by atoms with van der Waals surface area (Å²) < 4.78 is 39.4. The van der Waals surface area contributed by atoms with Crippen molar-refractivity contribution in [3.8, 4) is 5.69 Å². The molecule has 0 aliphatic heterocycles. The van der Waals surface area contributed by atoms with Crippen molar-refractivity contribution in [3.63, 3.8) is 0 Å². The lowest BCUT2D eigenvalue weighted by Crippen LogP contribution is -2.23. The Morgan fingerprint density at radius 1 is 1.25 bits per heavy atom. The minimum Gasteiger partial charge on any atom is -0.392 e. The predicted molar refractivity (Wildman–Crippen MR) is 82.7 cm³/mol. The molecular weight excluding hydrogens is 323 g/mol. The molecule has 0 spiro atoms. The summed E-state index contributed by atoms with van der Waals surface area (Å²) in [5.41, 5.74) is -0.215. The van der Waals surface area contributed by atoms with Crippen LogP contribution in [0.5, 0.6) is 0 Å². The van der Waals surface area contributed by atoms with Crippen LogP contribution in [0.1, 0.15) is 26.0 Å². The Kier molecular flexibility index (Phi) is 5.28. The van der Waals surface area contributed by atoms with E-state index >= 15 is 0 Å². The number of nitrogens with one attached hydrogen (secondary N) is 1. The van der Waals surface area contributed by atoms with E-state index in [1.807, 2.05) is 0 Å². The zero-order valence-electron chi connectivity index (χ0n) is 13.2. The molecule has 0 saturated heterocycles. The fourth-order valence-electron chi connectivity index (χ4n) is 2.05. The number of hydrogen-bond donors (Lipinski definition) is 2. The molecule has 130 valence electrons. The van der Waals surface area contributed by atoms with Gasteiger partial charge in [-0.05, 0) is 36.2 Å². The topological polar surface area (TPSA) is 67.2 Å². The van der Waals surface area contributed by atoms with Crippen LogP contribution in [0.4, 0.5) is 18.9 Å². The Hall–Kier alpha value is -2.35. The highest BCUT2D eigenvalue weighted by molar-refractivity contribution is 5.91. The van der Waals surface area contributed by atoms with Gasteiger partial charge in [0.1, 0.15) is 5.69 Å². The molecule has 0 aliphatic rings. The lowest BCUT2D eigenvalue weighted by Gasteiger charge is -2.14. The summed E-state index contributed by atoms with van der Waals surface area (Å²) in [6, 6.07) is 6.71. The van der Waals surface area contributed by atoms with Crippen molar-refractivity contribution in [1.82, 2.24) is 9.78 Å². The van der Waals surface area contributed by atoms with Gasteiger partial charge >= 0.3 is 6.18 Å².